The van der Waals surface area contributed by atoms with Crippen LogP contribution >= 0.6 is 0 Å². The second-order valence-electron chi connectivity index (χ2n) is 4.64. The second-order valence-corrected chi connectivity index (χ2v) is 6.32. The molecule has 0 aliphatic heterocycles. The molecule has 0 saturated heterocycles. The van der Waals surface area contributed by atoms with E-state index in [1.54, 1.807) is 24.3 Å². The molecule has 0 atom stereocenters. The van der Waals surface area contributed by atoms with Crippen molar-refractivity contribution in [2.45, 2.75) is 24.6 Å². The third-order valence-electron chi connectivity index (χ3n) is 3.01. The second kappa shape index (κ2) is 6.49. The maximum Gasteiger partial charge on any atom is 0.573 e. The summed E-state index contributed by atoms with van der Waals surface area (Å²) in [6.07, 6.45) is -4.18. The fourth-order valence-corrected chi connectivity index (χ4v) is 3.05. The van der Waals surface area contributed by atoms with Crippen molar-refractivity contribution in [3.8, 4) is 5.75 Å². The van der Waals surface area contributed by atoms with Gasteiger partial charge in [0, 0.05) is 0 Å². The van der Waals surface area contributed by atoms with E-state index in [9.17, 15) is 21.6 Å². The van der Waals surface area contributed by atoms with Crippen LogP contribution in [-0.4, -0.2) is 14.8 Å². The molecule has 124 valence electrons. The van der Waals surface area contributed by atoms with Gasteiger partial charge in [-0.1, -0.05) is 25.1 Å². The number of ether oxygens (including phenoxy) is 1. The summed E-state index contributed by atoms with van der Waals surface area (Å²) in [5.41, 5.74) is 1.25. The lowest BCUT2D eigenvalue weighted by molar-refractivity contribution is -0.274. The van der Waals surface area contributed by atoms with E-state index in [1.807, 2.05) is 6.92 Å². The molecule has 2 aromatic rings. The maximum atomic E-state index is 12.3. The zero-order valence-electron chi connectivity index (χ0n) is 12.1. The molecular weight excluding hydrogens is 331 g/mol. The highest BCUT2D eigenvalue weighted by Gasteiger charge is 2.31. The zero-order chi connectivity index (χ0) is 17.1. The number of halogens is 3. The highest BCUT2D eigenvalue weighted by Crippen LogP contribution is 2.25. The van der Waals surface area contributed by atoms with E-state index >= 15 is 0 Å². The quantitative estimate of drug-likeness (QED) is 0.893. The predicted molar refractivity (Wildman–Crippen MR) is 79.8 cm³/mol. The van der Waals surface area contributed by atoms with Crippen LogP contribution in [0.25, 0.3) is 0 Å². The molecule has 0 amide bonds. The monoisotopic (exact) mass is 345 g/mol. The Labute approximate surface area is 132 Å². The first-order valence-electron chi connectivity index (χ1n) is 6.68. The lowest BCUT2D eigenvalue weighted by Gasteiger charge is -2.12. The normalized spacial score (nSPS) is 12.0. The number of rotatable bonds is 5. The van der Waals surface area contributed by atoms with E-state index in [0.717, 1.165) is 29.8 Å². The molecule has 0 aromatic heterocycles. The Bertz CT molecular complexity index is 771. The molecule has 8 heteroatoms. The number of benzene rings is 2. The number of hydrogen-bond acceptors (Lipinski definition) is 3. The van der Waals surface area contributed by atoms with Gasteiger partial charge in [-0.3, -0.25) is 4.72 Å². The van der Waals surface area contributed by atoms with Crippen molar-refractivity contribution >= 4 is 15.7 Å². The first kappa shape index (κ1) is 17.1. The average molecular weight is 345 g/mol. The Hall–Kier alpha value is -2.22. The lowest BCUT2D eigenvalue weighted by Crippen LogP contribution is -2.17. The van der Waals surface area contributed by atoms with E-state index in [4.69, 9.17) is 0 Å². The number of alkyl halides is 3. The fraction of sp³-hybridized carbons (Fsp3) is 0.200. The van der Waals surface area contributed by atoms with Crippen molar-refractivity contribution in [2.75, 3.05) is 4.72 Å². The summed E-state index contributed by atoms with van der Waals surface area (Å²) < 4.78 is 67.0. The van der Waals surface area contributed by atoms with Crippen LogP contribution in [0.3, 0.4) is 0 Å². The van der Waals surface area contributed by atoms with E-state index in [1.165, 1.54) is 0 Å². The Morgan fingerprint density at radius 2 is 1.65 bits per heavy atom. The van der Waals surface area contributed by atoms with Crippen molar-refractivity contribution in [2.24, 2.45) is 0 Å². The van der Waals surface area contributed by atoms with Gasteiger partial charge in [0.25, 0.3) is 10.0 Å². The first-order valence-corrected chi connectivity index (χ1v) is 8.16. The smallest absolute Gasteiger partial charge is 0.406 e. The number of para-hydroxylation sites is 1. The number of nitrogens with one attached hydrogen (secondary N) is 1. The predicted octanol–water partition coefficient (Wildman–Crippen LogP) is 3.95. The molecule has 0 heterocycles. The van der Waals surface area contributed by atoms with Crippen LogP contribution in [0.15, 0.2) is 53.4 Å². The van der Waals surface area contributed by atoms with Crippen LogP contribution < -0.4 is 9.46 Å². The van der Waals surface area contributed by atoms with E-state index < -0.39 is 22.1 Å². The third-order valence-corrected chi connectivity index (χ3v) is 4.39. The van der Waals surface area contributed by atoms with Gasteiger partial charge < -0.3 is 4.74 Å². The van der Waals surface area contributed by atoms with Crippen LogP contribution in [-0.2, 0) is 16.4 Å². The van der Waals surface area contributed by atoms with Gasteiger partial charge in [-0.05, 0) is 42.3 Å². The van der Waals surface area contributed by atoms with Gasteiger partial charge in [0.1, 0.15) is 5.75 Å². The van der Waals surface area contributed by atoms with E-state index in [-0.39, 0.29) is 4.90 Å². The molecule has 0 radical (unpaired) electrons. The molecule has 2 rings (SSSR count). The molecule has 0 spiro atoms. The Morgan fingerprint density at radius 1 is 1.04 bits per heavy atom. The van der Waals surface area contributed by atoms with Crippen molar-refractivity contribution in [3.63, 3.8) is 0 Å². The van der Waals surface area contributed by atoms with E-state index in [2.05, 4.69) is 9.46 Å². The van der Waals surface area contributed by atoms with Crippen molar-refractivity contribution < 1.29 is 26.3 Å². The molecule has 23 heavy (non-hydrogen) atoms. The van der Waals surface area contributed by atoms with Crippen LogP contribution in [0.4, 0.5) is 18.9 Å². The summed E-state index contributed by atoms with van der Waals surface area (Å²) in [5.74, 6) is -0.481. The fourth-order valence-electron chi connectivity index (χ4n) is 1.95. The molecular formula is C15H14F3NO3S. The van der Waals surface area contributed by atoms with Gasteiger partial charge in [0.05, 0.1) is 10.6 Å². The molecule has 0 unspecified atom stereocenters. The summed E-state index contributed by atoms with van der Waals surface area (Å²) in [4.78, 5) is -0.155. The Morgan fingerprint density at radius 3 is 2.22 bits per heavy atom. The minimum Gasteiger partial charge on any atom is -0.406 e. The standard InChI is InChI=1S/C15H14F3NO3S/c1-2-11-5-3-4-6-14(11)19-23(20,21)13-9-7-12(8-10-13)22-15(16,17)18/h3-10,19H,2H2,1H3. The molecule has 2 aromatic carbocycles. The van der Waals surface area contributed by atoms with Crippen molar-refractivity contribution in [3.05, 3.63) is 54.1 Å². The van der Waals surface area contributed by atoms with Gasteiger partial charge in [0.2, 0.25) is 0 Å². The number of aryl methyl sites for hydroxylation is 1. The Balaban J connectivity index is 2.23. The molecule has 0 fully saturated rings. The summed E-state index contributed by atoms with van der Waals surface area (Å²) in [6.45, 7) is 1.89. The first-order chi connectivity index (χ1) is 10.7. The van der Waals surface area contributed by atoms with Crippen molar-refractivity contribution in [1.82, 2.24) is 0 Å². The van der Waals surface area contributed by atoms with Gasteiger partial charge in [-0.15, -0.1) is 13.2 Å². The van der Waals surface area contributed by atoms with Gasteiger partial charge in [0.15, 0.2) is 0 Å². The highest BCUT2D eigenvalue weighted by atomic mass is 32.2. The minimum absolute atomic E-state index is 0.155. The van der Waals surface area contributed by atoms with Crippen LogP contribution in [0.2, 0.25) is 0 Å². The minimum atomic E-state index is -4.82. The number of hydrogen-bond donors (Lipinski definition) is 1. The van der Waals surface area contributed by atoms with Gasteiger partial charge in [-0.25, -0.2) is 8.42 Å². The SMILES string of the molecule is CCc1ccccc1NS(=O)(=O)c1ccc(OC(F)(F)F)cc1. The van der Waals surface area contributed by atoms with Crippen LogP contribution in [0.1, 0.15) is 12.5 Å². The summed E-state index contributed by atoms with van der Waals surface area (Å²) in [5, 5.41) is 0. The number of sulfonamides is 1. The average Bonchev–Trinajstić information content (AvgIpc) is 2.46. The largest absolute Gasteiger partial charge is 0.573 e. The molecule has 0 bridgehead atoms. The Kier molecular flexibility index (Phi) is 4.84. The zero-order valence-corrected chi connectivity index (χ0v) is 12.9. The van der Waals surface area contributed by atoms with E-state index in [0.29, 0.717) is 12.1 Å². The third kappa shape index (κ3) is 4.62. The molecule has 0 aliphatic rings. The summed E-state index contributed by atoms with van der Waals surface area (Å²) >= 11 is 0. The topological polar surface area (TPSA) is 55.4 Å². The highest BCUT2D eigenvalue weighted by molar-refractivity contribution is 7.92. The molecule has 0 saturated carbocycles. The number of anilines is 1. The molecule has 0 aliphatic carbocycles. The van der Waals surface area contributed by atoms with Crippen LogP contribution in [0, 0.1) is 0 Å². The summed E-state index contributed by atoms with van der Waals surface area (Å²) in [6, 6.07) is 10.9. The van der Waals surface area contributed by atoms with Gasteiger partial charge >= 0.3 is 6.36 Å². The lowest BCUT2D eigenvalue weighted by atomic mass is 10.1. The maximum absolute atomic E-state index is 12.3. The van der Waals surface area contributed by atoms with Crippen LogP contribution in [0.5, 0.6) is 5.75 Å². The summed E-state index contributed by atoms with van der Waals surface area (Å²) in [7, 11) is -3.89. The molecule has 1 N–H and O–H groups in total. The van der Waals surface area contributed by atoms with Crippen molar-refractivity contribution in [1.29, 1.82) is 0 Å². The molecule has 4 nitrogen and oxygen atoms in total. The van der Waals surface area contributed by atoms with Gasteiger partial charge in [-0.2, -0.15) is 0 Å².